The molecule has 3 nitrogen and oxygen atoms in total. The van der Waals surface area contributed by atoms with E-state index in [1.807, 2.05) is 0 Å². The molecule has 0 aromatic heterocycles. The van der Waals surface area contributed by atoms with Gasteiger partial charge in [0.25, 0.3) is 0 Å². The highest BCUT2D eigenvalue weighted by atomic mass is 16.6. The zero-order chi connectivity index (χ0) is 10.9. The van der Waals surface area contributed by atoms with Crippen LogP contribution in [0.5, 0.6) is 0 Å². The average molecular weight is 211 g/mol. The van der Waals surface area contributed by atoms with Crippen molar-refractivity contribution in [2.45, 2.75) is 51.6 Å². The molecule has 0 aliphatic carbocycles. The molecule has 0 amide bonds. The van der Waals surface area contributed by atoms with Crippen molar-refractivity contribution in [2.75, 3.05) is 13.1 Å². The van der Waals surface area contributed by atoms with Crippen molar-refractivity contribution in [3.63, 3.8) is 0 Å². The van der Waals surface area contributed by atoms with Gasteiger partial charge >= 0.3 is 5.97 Å². The molecular formula is C12H21NO2. The van der Waals surface area contributed by atoms with Gasteiger partial charge in [-0.3, -0.25) is 4.79 Å². The maximum atomic E-state index is 12.0. The molecule has 0 bridgehead atoms. The third-order valence-electron chi connectivity index (χ3n) is 3.74. The molecule has 0 saturated carbocycles. The van der Waals surface area contributed by atoms with Crippen LogP contribution >= 0.6 is 0 Å². The molecule has 0 aromatic carbocycles. The zero-order valence-corrected chi connectivity index (χ0v) is 9.77. The lowest BCUT2D eigenvalue weighted by Gasteiger charge is -2.30. The molecule has 2 heterocycles. The van der Waals surface area contributed by atoms with Gasteiger partial charge in [-0.2, -0.15) is 0 Å². The molecule has 2 fully saturated rings. The van der Waals surface area contributed by atoms with Crippen molar-refractivity contribution in [3.8, 4) is 0 Å². The normalized spacial score (nSPS) is 40.8. The quantitative estimate of drug-likeness (QED) is 0.709. The second-order valence-electron chi connectivity index (χ2n) is 5.33. The fourth-order valence-electron chi connectivity index (χ4n) is 3.12. The predicted molar refractivity (Wildman–Crippen MR) is 58.6 cm³/mol. The lowest BCUT2D eigenvalue weighted by atomic mass is 9.74. The van der Waals surface area contributed by atoms with Gasteiger partial charge in [-0.1, -0.05) is 13.3 Å². The van der Waals surface area contributed by atoms with Crippen molar-refractivity contribution >= 4 is 5.97 Å². The molecule has 2 saturated heterocycles. The van der Waals surface area contributed by atoms with E-state index in [1.165, 1.54) is 0 Å². The smallest absolute Gasteiger partial charge is 0.314 e. The Labute approximate surface area is 91.6 Å². The summed E-state index contributed by atoms with van der Waals surface area (Å²) in [6.07, 6.45) is 5.06. The van der Waals surface area contributed by atoms with Gasteiger partial charge in [0.2, 0.25) is 0 Å². The maximum absolute atomic E-state index is 12.0. The van der Waals surface area contributed by atoms with Crippen LogP contribution in [0.25, 0.3) is 0 Å². The highest BCUT2D eigenvalue weighted by Gasteiger charge is 2.54. The van der Waals surface area contributed by atoms with E-state index in [9.17, 15) is 4.79 Å². The minimum atomic E-state index is -0.206. The van der Waals surface area contributed by atoms with E-state index in [1.54, 1.807) is 0 Å². The number of cyclic esters (lactones) is 1. The minimum absolute atomic E-state index is 0.0330. The Balaban J connectivity index is 2.12. The second-order valence-corrected chi connectivity index (χ2v) is 5.33. The fraction of sp³-hybridized carbons (Fsp3) is 0.917. The Morgan fingerprint density at radius 1 is 1.53 bits per heavy atom. The number of piperidine rings is 1. The van der Waals surface area contributed by atoms with E-state index in [0.29, 0.717) is 0 Å². The van der Waals surface area contributed by atoms with Gasteiger partial charge in [0, 0.05) is 13.0 Å². The van der Waals surface area contributed by atoms with E-state index in [0.717, 1.165) is 45.2 Å². The summed E-state index contributed by atoms with van der Waals surface area (Å²) in [4.78, 5) is 12.0. The number of esters is 1. The van der Waals surface area contributed by atoms with Crippen molar-refractivity contribution in [1.82, 2.24) is 5.32 Å². The molecule has 1 N–H and O–H groups in total. The largest absolute Gasteiger partial charge is 0.459 e. The van der Waals surface area contributed by atoms with Gasteiger partial charge in [-0.05, 0) is 32.7 Å². The Bertz CT molecular complexity index is 258. The number of carbonyl (C=O) groups excluding carboxylic acids is 1. The minimum Gasteiger partial charge on any atom is -0.459 e. The van der Waals surface area contributed by atoms with E-state index >= 15 is 0 Å². The van der Waals surface area contributed by atoms with Gasteiger partial charge in [0.1, 0.15) is 5.60 Å². The number of rotatable bonds is 2. The lowest BCUT2D eigenvalue weighted by Crippen LogP contribution is -2.43. The molecule has 3 heteroatoms. The summed E-state index contributed by atoms with van der Waals surface area (Å²) < 4.78 is 5.60. The van der Waals surface area contributed by atoms with Crippen molar-refractivity contribution in [1.29, 1.82) is 0 Å². The summed E-state index contributed by atoms with van der Waals surface area (Å²) in [5.74, 6) is 0.0330. The molecule has 15 heavy (non-hydrogen) atoms. The summed E-state index contributed by atoms with van der Waals surface area (Å²) in [7, 11) is 0. The van der Waals surface area contributed by atoms with Gasteiger partial charge in [0.15, 0.2) is 0 Å². The van der Waals surface area contributed by atoms with Crippen molar-refractivity contribution in [3.05, 3.63) is 0 Å². The summed E-state index contributed by atoms with van der Waals surface area (Å²) >= 11 is 0. The average Bonchev–Trinajstić information content (AvgIpc) is 2.40. The highest BCUT2D eigenvalue weighted by Crippen LogP contribution is 2.46. The molecular weight excluding hydrogens is 190 g/mol. The molecule has 0 radical (unpaired) electrons. The number of hydrogen-bond acceptors (Lipinski definition) is 3. The Morgan fingerprint density at radius 2 is 2.33 bits per heavy atom. The molecule has 2 unspecified atom stereocenters. The standard InChI is InChI=1S/C12H21NO2/c1-3-5-11(2)8-12(10(14)15-11)6-4-7-13-9-12/h13H,3-9H2,1-2H3. The summed E-state index contributed by atoms with van der Waals surface area (Å²) in [6, 6.07) is 0. The topological polar surface area (TPSA) is 38.3 Å². The molecule has 2 aliphatic rings. The number of carbonyl (C=O) groups is 1. The Kier molecular flexibility index (Phi) is 2.75. The molecule has 86 valence electrons. The summed E-state index contributed by atoms with van der Waals surface area (Å²) in [5, 5.41) is 3.33. The van der Waals surface area contributed by atoms with Crippen molar-refractivity contribution < 1.29 is 9.53 Å². The third-order valence-corrected chi connectivity index (χ3v) is 3.74. The summed E-state index contributed by atoms with van der Waals surface area (Å²) in [6.45, 7) is 6.08. The summed E-state index contributed by atoms with van der Waals surface area (Å²) in [5.41, 5.74) is -0.410. The fourth-order valence-corrected chi connectivity index (χ4v) is 3.12. The van der Waals surface area contributed by atoms with E-state index < -0.39 is 0 Å². The van der Waals surface area contributed by atoms with Crippen LogP contribution < -0.4 is 5.32 Å². The monoisotopic (exact) mass is 211 g/mol. The number of nitrogens with one attached hydrogen (secondary N) is 1. The van der Waals surface area contributed by atoms with Gasteiger partial charge < -0.3 is 10.1 Å². The number of ether oxygens (including phenoxy) is 1. The molecule has 2 rings (SSSR count). The van der Waals surface area contributed by atoms with Gasteiger partial charge in [-0.15, -0.1) is 0 Å². The van der Waals surface area contributed by atoms with Crippen LogP contribution in [0.2, 0.25) is 0 Å². The molecule has 1 spiro atoms. The van der Waals surface area contributed by atoms with Crippen LogP contribution in [-0.2, 0) is 9.53 Å². The Hall–Kier alpha value is -0.570. The van der Waals surface area contributed by atoms with E-state index in [-0.39, 0.29) is 17.0 Å². The highest BCUT2D eigenvalue weighted by molar-refractivity contribution is 5.80. The molecule has 0 aromatic rings. The van der Waals surface area contributed by atoms with Crippen molar-refractivity contribution in [2.24, 2.45) is 5.41 Å². The van der Waals surface area contributed by atoms with Gasteiger partial charge in [0.05, 0.1) is 5.41 Å². The third kappa shape index (κ3) is 1.89. The molecule has 2 aliphatic heterocycles. The second kappa shape index (κ2) is 3.78. The van der Waals surface area contributed by atoms with Crippen LogP contribution in [0.1, 0.15) is 46.0 Å². The number of hydrogen-bond donors (Lipinski definition) is 1. The van der Waals surface area contributed by atoms with Crippen LogP contribution in [0, 0.1) is 5.41 Å². The Morgan fingerprint density at radius 3 is 2.93 bits per heavy atom. The van der Waals surface area contributed by atoms with Crippen LogP contribution in [0.3, 0.4) is 0 Å². The predicted octanol–water partition coefficient (Wildman–Crippen LogP) is 1.86. The van der Waals surface area contributed by atoms with Crippen LogP contribution in [0.15, 0.2) is 0 Å². The van der Waals surface area contributed by atoms with Gasteiger partial charge in [-0.25, -0.2) is 0 Å². The first kappa shape index (κ1) is 10.9. The van der Waals surface area contributed by atoms with E-state index in [2.05, 4.69) is 19.2 Å². The molecule has 2 atom stereocenters. The lowest BCUT2D eigenvalue weighted by molar-refractivity contribution is -0.154. The first-order valence-corrected chi connectivity index (χ1v) is 6.04. The maximum Gasteiger partial charge on any atom is 0.314 e. The first-order chi connectivity index (χ1) is 7.10. The van der Waals surface area contributed by atoms with E-state index in [4.69, 9.17) is 4.74 Å². The van der Waals surface area contributed by atoms with Crippen LogP contribution in [-0.4, -0.2) is 24.7 Å². The van der Waals surface area contributed by atoms with Crippen LogP contribution in [0.4, 0.5) is 0 Å². The zero-order valence-electron chi connectivity index (χ0n) is 9.77. The first-order valence-electron chi connectivity index (χ1n) is 6.04. The SMILES string of the molecule is CCCC1(C)CC2(CCCNC2)C(=O)O1.